The van der Waals surface area contributed by atoms with E-state index in [9.17, 15) is 0 Å². The number of aryl methyl sites for hydroxylation is 8. The zero-order valence-corrected chi connectivity index (χ0v) is 40.9. The van der Waals surface area contributed by atoms with Gasteiger partial charge in [-0.3, -0.25) is 0 Å². The van der Waals surface area contributed by atoms with E-state index in [2.05, 4.69) is 213 Å². The van der Waals surface area contributed by atoms with Gasteiger partial charge in [-0.2, -0.15) is 0 Å². The largest absolute Gasteiger partial charge is 0.496 e. The molecule has 2 nitrogen and oxygen atoms in total. The minimum atomic E-state index is -0.894. The minimum absolute atomic E-state index is 0.805. The summed E-state index contributed by atoms with van der Waals surface area (Å²) < 4.78 is 13.2. The molecule has 0 aliphatic carbocycles. The molecule has 0 bridgehead atoms. The molecule has 0 saturated carbocycles. The van der Waals surface area contributed by atoms with Crippen molar-refractivity contribution >= 4 is 37.1 Å². The third-order valence-electron chi connectivity index (χ3n) is 12.1. The van der Waals surface area contributed by atoms with Crippen molar-refractivity contribution in [2.75, 3.05) is 14.2 Å². The number of methoxy groups -OCH3 is 2. The molecule has 0 aromatic heterocycles. The van der Waals surface area contributed by atoms with Crippen LogP contribution in [-0.4, -0.2) is 14.2 Å². The second kappa shape index (κ2) is 19.5. The van der Waals surface area contributed by atoms with E-state index in [0.717, 1.165) is 34.9 Å². The molecule has 0 fully saturated rings. The van der Waals surface area contributed by atoms with Gasteiger partial charge in [-0.15, -0.1) is 0 Å². The van der Waals surface area contributed by atoms with Gasteiger partial charge in [0, 0.05) is 23.5 Å². The van der Waals surface area contributed by atoms with E-state index in [4.69, 9.17) is 9.47 Å². The molecule has 0 radical (unpaired) electrons. The molecule has 0 unspecified atom stereocenters. The monoisotopic (exact) mass is 874 g/mol. The Morgan fingerprint density at radius 2 is 0.594 bits per heavy atom. The summed E-state index contributed by atoms with van der Waals surface area (Å²) in [4.78, 5) is 0. The Kier molecular flexibility index (Phi) is 13.7. The third kappa shape index (κ3) is 9.81. The Morgan fingerprint density at radius 1 is 0.328 bits per heavy atom. The minimum Gasteiger partial charge on any atom is -0.496 e. The van der Waals surface area contributed by atoms with E-state index in [-0.39, 0.29) is 0 Å². The van der Waals surface area contributed by atoms with Crippen molar-refractivity contribution in [3.8, 4) is 44.9 Å². The van der Waals surface area contributed by atoms with E-state index in [1.54, 1.807) is 0 Å². The summed E-state index contributed by atoms with van der Waals surface area (Å²) in [5.41, 5.74) is 19.8. The van der Waals surface area contributed by atoms with Gasteiger partial charge in [0.1, 0.15) is 11.5 Å². The van der Waals surface area contributed by atoms with E-state index in [1.807, 2.05) is 14.2 Å². The predicted molar refractivity (Wildman–Crippen MR) is 279 cm³/mol. The predicted octanol–water partition coefficient (Wildman–Crippen LogP) is 14.4. The first-order valence-corrected chi connectivity index (χ1v) is 25.3. The van der Waals surface area contributed by atoms with Crippen molar-refractivity contribution in [2.45, 2.75) is 67.7 Å². The van der Waals surface area contributed by atoms with Crippen molar-refractivity contribution in [2.24, 2.45) is 0 Å². The van der Waals surface area contributed by atoms with Crippen LogP contribution in [0.1, 0.15) is 55.6 Å². The highest BCUT2D eigenvalue weighted by Gasteiger charge is 2.30. The van der Waals surface area contributed by atoms with Crippen LogP contribution in [-0.2, 0) is 12.3 Å². The molecule has 0 aliphatic heterocycles. The van der Waals surface area contributed by atoms with Crippen molar-refractivity contribution < 1.29 is 9.47 Å². The molecule has 8 aromatic rings. The molecule has 8 rings (SSSR count). The second-order valence-electron chi connectivity index (χ2n) is 17.6. The van der Waals surface area contributed by atoms with Crippen molar-refractivity contribution in [1.29, 1.82) is 0 Å². The normalized spacial score (nSPS) is 11.4. The van der Waals surface area contributed by atoms with Gasteiger partial charge >= 0.3 is 0 Å². The van der Waals surface area contributed by atoms with Crippen molar-refractivity contribution in [3.63, 3.8) is 0 Å². The summed E-state index contributed by atoms with van der Waals surface area (Å²) in [6, 6.07) is 59.3. The van der Waals surface area contributed by atoms with Gasteiger partial charge in [0.05, 0.1) is 14.2 Å². The van der Waals surface area contributed by atoms with E-state index in [0.29, 0.717) is 0 Å². The summed E-state index contributed by atoms with van der Waals surface area (Å²) in [6.07, 6.45) is 1.61. The summed E-state index contributed by atoms with van der Waals surface area (Å²) >= 11 is 0. The fraction of sp³-hybridized carbons (Fsp3) is 0.200. The topological polar surface area (TPSA) is 18.5 Å². The standard InChI is InChI=1S/C60H60O2P2/c1-39-25-40(2)30-49(29-39)63(50-31-41(3)26-42(4)32-50)37-55-53(47-17-13-11-14-18-47)21-23-57(61-9)59(55)60-56(54(22-24-58(60)62-10)48-19-15-12-16-20-48)38-64(51-33-43(5)27-44(6)34-51)52-35-45(7)28-46(8)36-52/h11-36H,37-38H2,1-10H3. The van der Waals surface area contributed by atoms with Crippen LogP contribution >= 0.6 is 15.8 Å². The first-order valence-electron chi connectivity index (χ1n) is 22.3. The maximum absolute atomic E-state index is 6.59. The highest BCUT2D eigenvalue weighted by atomic mass is 31.1. The summed E-state index contributed by atoms with van der Waals surface area (Å²) in [5, 5.41) is 5.51. The van der Waals surface area contributed by atoms with Crippen LogP contribution in [0.4, 0.5) is 0 Å². The van der Waals surface area contributed by atoms with E-state index in [1.165, 1.54) is 99.1 Å². The molecule has 8 aromatic carbocycles. The lowest BCUT2D eigenvalue weighted by Crippen LogP contribution is -2.17. The van der Waals surface area contributed by atoms with Crippen molar-refractivity contribution in [3.05, 3.63) is 213 Å². The van der Waals surface area contributed by atoms with Gasteiger partial charge in [-0.1, -0.05) is 190 Å². The fourth-order valence-electron chi connectivity index (χ4n) is 9.65. The van der Waals surface area contributed by atoms with Crippen LogP contribution in [0, 0.1) is 55.4 Å². The molecule has 0 aliphatic rings. The number of hydrogen-bond acceptors (Lipinski definition) is 2. The second-order valence-corrected chi connectivity index (χ2v) is 22.0. The van der Waals surface area contributed by atoms with Crippen LogP contribution in [0.3, 0.4) is 0 Å². The first-order chi connectivity index (χ1) is 30.9. The van der Waals surface area contributed by atoms with E-state index < -0.39 is 15.8 Å². The Bertz CT molecular complexity index is 2570. The summed E-state index contributed by atoms with van der Waals surface area (Å²) in [6.45, 7) is 17.8. The lowest BCUT2D eigenvalue weighted by Gasteiger charge is -2.29. The van der Waals surface area contributed by atoms with Gasteiger partial charge in [0.15, 0.2) is 0 Å². The van der Waals surface area contributed by atoms with Gasteiger partial charge in [0.2, 0.25) is 0 Å². The molecule has 0 heterocycles. The highest BCUT2D eigenvalue weighted by molar-refractivity contribution is 7.72. The average Bonchev–Trinajstić information content (AvgIpc) is 3.26. The summed E-state index contributed by atoms with van der Waals surface area (Å²) in [5.74, 6) is 1.69. The van der Waals surface area contributed by atoms with Gasteiger partial charge in [-0.25, -0.2) is 0 Å². The Hall–Kier alpha value is -5.78. The molecule has 0 spiro atoms. The van der Waals surface area contributed by atoms with Crippen LogP contribution in [0.15, 0.2) is 158 Å². The molecular weight excluding hydrogens is 815 g/mol. The maximum atomic E-state index is 6.59. The number of hydrogen-bond donors (Lipinski definition) is 0. The third-order valence-corrected chi connectivity index (χ3v) is 16.9. The lowest BCUT2D eigenvalue weighted by molar-refractivity contribution is 0.410. The number of ether oxygens (including phenoxy) is 2. The molecular formula is C60H60O2P2. The number of benzene rings is 8. The highest BCUT2D eigenvalue weighted by Crippen LogP contribution is 2.54. The molecule has 4 heteroatoms. The Balaban J connectivity index is 1.49. The van der Waals surface area contributed by atoms with Crippen LogP contribution < -0.4 is 30.7 Å². The Morgan fingerprint density at radius 3 is 0.844 bits per heavy atom. The quantitative estimate of drug-likeness (QED) is 0.107. The molecule has 0 atom stereocenters. The van der Waals surface area contributed by atoms with Crippen molar-refractivity contribution in [1.82, 2.24) is 0 Å². The fourth-order valence-corrected chi connectivity index (χ4v) is 15.1. The smallest absolute Gasteiger partial charge is 0.127 e. The maximum Gasteiger partial charge on any atom is 0.127 e. The van der Waals surface area contributed by atoms with Crippen LogP contribution in [0.25, 0.3) is 33.4 Å². The number of rotatable bonds is 13. The first kappa shape index (κ1) is 44.8. The average molecular weight is 875 g/mol. The zero-order valence-electron chi connectivity index (χ0n) is 39.1. The summed E-state index contributed by atoms with van der Waals surface area (Å²) in [7, 11) is 1.86. The van der Waals surface area contributed by atoms with E-state index >= 15 is 0 Å². The van der Waals surface area contributed by atoms with Crippen LogP contribution in [0.5, 0.6) is 11.5 Å². The van der Waals surface area contributed by atoms with Crippen LogP contribution in [0.2, 0.25) is 0 Å². The molecule has 0 amide bonds. The molecule has 0 N–H and O–H groups in total. The molecule has 322 valence electrons. The van der Waals surface area contributed by atoms with Gasteiger partial charge < -0.3 is 9.47 Å². The SMILES string of the molecule is COc1ccc(-c2ccccc2)c(CP(c2cc(C)cc(C)c2)c2cc(C)cc(C)c2)c1-c1c(OC)ccc(-c2ccccc2)c1CP(c1cc(C)cc(C)c1)c1cc(C)cc(C)c1. The lowest BCUT2D eigenvalue weighted by atomic mass is 9.86. The zero-order chi connectivity index (χ0) is 45.1. The Labute approximate surface area is 384 Å². The molecule has 64 heavy (non-hydrogen) atoms. The van der Waals surface area contributed by atoms with Gasteiger partial charge in [-0.05, 0) is 138 Å². The molecule has 0 saturated heterocycles. The van der Waals surface area contributed by atoms with Gasteiger partial charge in [0.25, 0.3) is 0 Å².